The lowest BCUT2D eigenvalue weighted by atomic mass is 10.2. The molecule has 2 aromatic rings. The maximum Gasteiger partial charge on any atom is 0.256 e. The van der Waals surface area contributed by atoms with E-state index < -0.39 is 0 Å². The van der Waals surface area contributed by atoms with E-state index in [1.165, 1.54) is 0 Å². The molecule has 3 heterocycles. The minimum absolute atomic E-state index is 0.105. The number of anilines is 1. The number of pyridine rings is 1. The molecule has 0 aromatic carbocycles. The third-order valence-electron chi connectivity index (χ3n) is 4.45. The SMILES string of the molecule is CNC1=CC(NC)Nc2c(C(=O)NC(C)COCc3ccc(OC)nc3)cnn21. The average Bonchev–Trinajstić information content (AvgIpc) is 3.17. The number of fused-ring (bicyclic) bond motifs is 1. The van der Waals surface area contributed by atoms with Crippen molar-refractivity contribution in [3.8, 4) is 5.88 Å². The highest BCUT2D eigenvalue weighted by atomic mass is 16.5. The Morgan fingerprint density at radius 3 is 2.83 bits per heavy atom. The van der Waals surface area contributed by atoms with Crippen molar-refractivity contribution < 1.29 is 14.3 Å². The Morgan fingerprint density at radius 2 is 2.17 bits per heavy atom. The zero-order valence-corrected chi connectivity index (χ0v) is 17.0. The molecule has 2 aromatic heterocycles. The monoisotopic (exact) mass is 401 g/mol. The number of amides is 1. The van der Waals surface area contributed by atoms with Crippen LogP contribution in [0.25, 0.3) is 5.82 Å². The second-order valence-corrected chi connectivity index (χ2v) is 6.63. The first-order valence-corrected chi connectivity index (χ1v) is 9.35. The number of methoxy groups -OCH3 is 1. The third kappa shape index (κ3) is 4.84. The van der Waals surface area contributed by atoms with E-state index in [4.69, 9.17) is 9.47 Å². The normalized spacial score (nSPS) is 16.3. The van der Waals surface area contributed by atoms with Crippen molar-refractivity contribution in [2.24, 2.45) is 0 Å². The summed E-state index contributed by atoms with van der Waals surface area (Å²) >= 11 is 0. The second kappa shape index (κ2) is 9.39. The van der Waals surface area contributed by atoms with Gasteiger partial charge in [-0.1, -0.05) is 0 Å². The summed E-state index contributed by atoms with van der Waals surface area (Å²) in [5, 5.41) is 16.7. The molecule has 1 aliphatic rings. The number of carbonyl (C=O) groups excluding carboxylic acids is 1. The van der Waals surface area contributed by atoms with Crippen LogP contribution in [0.2, 0.25) is 0 Å². The molecular formula is C19H27N7O3. The molecule has 2 unspecified atom stereocenters. The first kappa shape index (κ1) is 20.6. The van der Waals surface area contributed by atoms with Gasteiger partial charge in [0.05, 0.1) is 26.5 Å². The molecule has 0 aliphatic carbocycles. The number of aromatic nitrogens is 3. The van der Waals surface area contributed by atoms with Gasteiger partial charge in [0.15, 0.2) is 0 Å². The fourth-order valence-electron chi connectivity index (χ4n) is 2.91. The van der Waals surface area contributed by atoms with Crippen molar-refractivity contribution >= 4 is 17.5 Å². The van der Waals surface area contributed by atoms with Crippen molar-refractivity contribution in [2.75, 3.05) is 33.1 Å². The summed E-state index contributed by atoms with van der Waals surface area (Å²) in [6, 6.07) is 3.50. The lowest BCUT2D eigenvalue weighted by molar-refractivity contribution is 0.0820. The molecule has 0 saturated heterocycles. The molecule has 29 heavy (non-hydrogen) atoms. The van der Waals surface area contributed by atoms with Crippen LogP contribution in [0.5, 0.6) is 5.88 Å². The van der Waals surface area contributed by atoms with E-state index in [-0.39, 0.29) is 18.1 Å². The molecule has 1 amide bonds. The van der Waals surface area contributed by atoms with Crippen LogP contribution < -0.4 is 26.0 Å². The summed E-state index contributed by atoms with van der Waals surface area (Å²) in [5.74, 6) is 1.77. The fraction of sp³-hybridized carbons (Fsp3) is 0.421. The topological polar surface area (TPSA) is 114 Å². The molecule has 0 saturated carbocycles. The smallest absolute Gasteiger partial charge is 0.256 e. The Hall–Kier alpha value is -3.11. The van der Waals surface area contributed by atoms with Gasteiger partial charge < -0.3 is 25.4 Å². The van der Waals surface area contributed by atoms with Gasteiger partial charge in [-0.25, -0.2) is 9.67 Å². The van der Waals surface area contributed by atoms with E-state index in [2.05, 4.69) is 31.3 Å². The summed E-state index contributed by atoms with van der Waals surface area (Å²) < 4.78 is 12.4. The van der Waals surface area contributed by atoms with Gasteiger partial charge in [-0.15, -0.1) is 0 Å². The molecule has 10 heteroatoms. The molecule has 3 rings (SSSR count). The Balaban J connectivity index is 1.55. The summed E-state index contributed by atoms with van der Waals surface area (Å²) in [6.07, 6.45) is 5.11. The number of likely N-dealkylation sites (N-methyl/N-ethyl adjacent to an activating group) is 1. The number of carbonyl (C=O) groups is 1. The maximum absolute atomic E-state index is 12.7. The molecule has 1 aliphatic heterocycles. The second-order valence-electron chi connectivity index (χ2n) is 6.63. The van der Waals surface area contributed by atoms with Crippen LogP contribution >= 0.6 is 0 Å². The molecular weight excluding hydrogens is 374 g/mol. The Kier molecular flexibility index (Phi) is 6.68. The molecule has 0 fully saturated rings. The van der Waals surface area contributed by atoms with Gasteiger partial charge in [0.2, 0.25) is 5.88 Å². The van der Waals surface area contributed by atoms with Crippen LogP contribution in [0.1, 0.15) is 22.8 Å². The summed E-state index contributed by atoms with van der Waals surface area (Å²) in [5.41, 5.74) is 1.40. The molecule has 156 valence electrons. The summed E-state index contributed by atoms with van der Waals surface area (Å²) in [6.45, 7) is 2.67. The third-order valence-corrected chi connectivity index (χ3v) is 4.45. The van der Waals surface area contributed by atoms with Crippen LogP contribution in [0.15, 0.2) is 30.6 Å². The number of hydrogen-bond acceptors (Lipinski definition) is 8. The average molecular weight is 401 g/mol. The van der Waals surface area contributed by atoms with Crippen LogP contribution in [0, 0.1) is 0 Å². The summed E-state index contributed by atoms with van der Waals surface area (Å²) in [7, 11) is 5.23. The minimum Gasteiger partial charge on any atom is -0.481 e. The lowest BCUT2D eigenvalue weighted by Gasteiger charge is -2.25. The highest BCUT2D eigenvalue weighted by Gasteiger charge is 2.25. The lowest BCUT2D eigenvalue weighted by Crippen LogP contribution is -2.39. The number of nitrogens with zero attached hydrogens (tertiary/aromatic N) is 3. The molecule has 0 spiro atoms. The van der Waals surface area contributed by atoms with E-state index in [1.807, 2.05) is 33.2 Å². The van der Waals surface area contributed by atoms with Crippen LogP contribution in [-0.4, -0.2) is 60.7 Å². The van der Waals surface area contributed by atoms with Crippen LogP contribution in [0.4, 0.5) is 5.82 Å². The molecule has 4 N–H and O–H groups in total. The van der Waals surface area contributed by atoms with Crippen molar-refractivity contribution in [1.29, 1.82) is 0 Å². The van der Waals surface area contributed by atoms with Gasteiger partial charge in [-0.3, -0.25) is 10.1 Å². The molecule has 10 nitrogen and oxygen atoms in total. The highest BCUT2D eigenvalue weighted by Crippen LogP contribution is 2.23. The van der Waals surface area contributed by atoms with E-state index in [9.17, 15) is 4.79 Å². The van der Waals surface area contributed by atoms with Crippen LogP contribution in [0.3, 0.4) is 0 Å². The predicted molar refractivity (Wildman–Crippen MR) is 109 cm³/mol. The Labute approximate surface area is 169 Å². The van der Waals surface area contributed by atoms with E-state index in [1.54, 1.807) is 30.3 Å². The largest absolute Gasteiger partial charge is 0.481 e. The van der Waals surface area contributed by atoms with Gasteiger partial charge in [0.25, 0.3) is 5.91 Å². The number of hydrogen-bond donors (Lipinski definition) is 4. The van der Waals surface area contributed by atoms with E-state index in [0.717, 1.165) is 11.4 Å². The van der Waals surface area contributed by atoms with Crippen molar-refractivity contribution in [2.45, 2.75) is 25.7 Å². The van der Waals surface area contributed by atoms with E-state index >= 15 is 0 Å². The van der Waals surface area contributed by atoms with Crippen molar-refractivity contribution in [3.63, 3.8) is 0 Å². The zero-order chi connectivity index (χ0) is 20.8. The quantitative estimate of drug-likeness (QED) is 0.483. The van der Waals surface area contributed by atoms with Gasteiger partial charge in [-0.2, -0.15) is 5.10 Å². The van der Waals surface area contributed by atoms with Gasteiger partial charge in [0.1, 0.15) is 23.4 Å². The van der Waals surface area contributed by atoms with E-state index in [0.29, 0.717) is 30.5 Å². The molecule has 2 atom stereocenters. The highest BCUT2D eigenvalue weighted by molar-refractivity contribution is 5.99. The predicted octanol–water partition coefficient (Wildman–Crippen LogP) is 0.611. The molecule has 0 radical (unpaired) electrons. The fourth-order valence-corrected chi connectivity index (χ4v) is 2.91. The maximum atomic E-state index is 12.7. The minimum atomic E-state index is -0.215. The standard InChI is InChI=1S/C19H27N7O3/c1-12(10-29-11-13-5-6-17(28-4)22-8-13)24-19(27)14-9-23-26-16(21-3)7-15(20-2)25-18(14)26/h5-9,12,15,20-21,25H,10-11H2,1-4H3,(H,24,27). The first-order chi connectivity index (χ1) is 14.0. The number of nitrogens with one attached hydrogen (secondary N) is 4. The van der Waals surface area contributed by atoms with Crippen molar-refractivity contribution in [3.05, 3.63) is 41.7 Å². The van der Waals surface area contributed by atoms with Gasteiger partial charge in [-0.05, 0) is 31.7 Å². The van der Waals surface area contributed by atoms with Crippen molar-refractivity contribution in [1.82, 2.24) is 30.7 Å². The first-order valence-electron chi connectivity index (χ1n) is 9.35. The van der Waals surface area contributed by atoms with Gasteiger partial charge >= 0.3 is 0 Å². The van der Waals surface area contributed by atoms with Crippen LogP contribution in [-0.2, 0) is 11.3 Å². The summed E-state index contributed by atoms with van der Waals surface area (Å²) in [4.78, 5) is 16.9. The number of rotatable bonds is 9. The Bertz CT molecular complexity index is 863. The molecule has 0 bridgehead atoms. The number of ether oxygens (including phenoxy) is 2. The van der Waals surface area contributed by atoms with Gasteiger partial charge in [0, 0.05) is 25.4 Å². The Morgan fingerprint density at radius 1 is 1.34 bits per heavy atom. The zero-order valence-electron chi connectivity index (χ0n) is 17.0.